The summed E-state index contributed by atoms with van der Waals surface area (Å²) in [6.07, 6.45) is 0.865. The highest BCUT2D eigenvalue weighted by Gasteiger charge is 2.33. The Balaban J connectivity index is 1.60. The lowest BCUT2D eigenvalue weighted by molar-refractivity contribution is -0.139. The Labute approximate surface area is 221 Å². The van der Waals surface area contributed by atoms with Crippen molar-refractivity contribution in [2.24, 2.45) is 16.6 Å². The predicted molar refractivity (Wildman–Crippen MR) is 140 cm³/mol. The smallest absolute Gasteiger partial charge is 0.241 e. The normalized spacial score (nSPS) is 15.5. The molecule has 6 N–H and O–H groups in total. The average Bonchev–Trinajstić information content (AvgIpc) is 2.90. The molecule has 1 aliphatic heterocycles. The summed E-state index contributed by atoms with van der Waals surface area (Å²) in [5.41, 5.74) is 11.9. The lowest BCUT2D eigenvalue weighted by atomic mass is 10.1. The van der Waals surface area contributed by atoms with Crippen LogP contribution in [0.1, 0.15) is 12.8 Å². The summed E-state index contributed by atoms with van der Waals surface area (Å²) in [5, 5.41) is 5.92. The Hall–Kier alpha value is -4.04. The molecule has 38 heavy (non-hydrogen) atoms. The van der Waals surface area contributed by atoms with Gasteiger partial charge in [-0.1, -0.05) is 18.2 Å². The Morgan fingerprint density at radius 2 is 1.76 bits per heavy atom. The van der Waals surface area contributed by atoms with E-state index in [-0.39, 0.29) is 30.6 Å². The van der Waals surface area contributed by atoms with Gasteiger partial charge in [-0.15, -0.1) is 0 Å². The molecule has 14 heteroatoms. The fraction of sp³-hybridized carbons (Fsp3) is 0.375. The van der Waals surface area contributed by atoms with Gasteiger partial charge in [-0.25, -0.2) is 8.42 Å². The molecule has 13 nitrogen and oxygen atoms in total. The van der Waals surface area contributed by atoms with Crippen LogP contribution in [0.4, 0.5) is 0 Å². The van der Waals surface area contributed by atoms with Crippen molar-refractivity contribution < 1.29 is 32.3 Å². The maximum Gasteiger partial charge on any atom is 0.241 e. The van der Waals surface area contributed by atoms with E-state index in [9.17, 15) is 18.0 Å². The lowest BCUT2D eigenvalue weighted by Gasteiger charge is -2.32. The summed E-state index contributed by atoms with van der Waals surface area (Å²) in [6.45, 7) is 0.312. The lowest BCUT2D eigenvalue weighted by Crippen LogP contribution is -2.54. The van der Waals surface area contributed by atoms with E-state index in [1.54, 1.807) is 31.4 Å². The third kappa shape index (κ3) is 7.49. The third-order valence-electron chi connectivity index (χ3n) is 5.73. The number of nitrogens with zero attached hydrogens (tertiary/aromatic N) is 2. The molecule has 3 rings (SSSR count). The number of piperidine rings is 1. The van der Waals surface area contributed by atoms with Crippen LogP contribution in [0.25, 0.3) is 11.1 Å². The van der Waals surface area contributed by atoms with Gasteiger partial charge in [0.15, 0.2) is 11.5 Å². The molecule has 0 aromatic heterocycles. The topological polar surface area (TPSA) is 188 Å². The minimum absolute atomic E-state index is 0.0187. The van der Waals surface area contributed by atoms with Gasteiger partial charge in [0, 0.05) is 6.54 Å². The monoisotopic (exact) mass is 548 g/mol. The Kier molecular flexibility index (Phi) is 9.73. The Morgan fingerprint density at radius 1 is 1.08 bits per heavy atom. The third-order valence-corrected chi connectivity index (χ3v) is 7.22. The number of oxime groups is 1. The number of carbonyl (C=O) groups is 2. The molecule has 0 radical (unpaired) electrons. The second-order valence-electron chi connectivity index (χ2n) is 8.37. The van der Waals surface area contributed by atoms with E-state index < -0.39 is 27.9 Å². The molecule has 1 heterocycles. The highest BCUT2D eigenvalue weighted by Crippen LogP contribution is 2.32. The van der Waals surface area contributed by atoms with E-state index in [4.69, 9.17) is 25.8 Å². The van der Waals surface area contributed by atoms with Crippen LogP contribution in [0.15, 0.2) is 52.5 Å². The van der Waals surface area contributed by atoms with Crippen molar-refractivity contribution in [3.8, 4) is 22.6 Å². The SMILES string of the molecule is COc1ccc(-c2ccc(S(=O)(=O)N[C@H]3CCCN(CC(=O)NCCON=C(N)N)C3=O)cc2)cc1OC. The van der Waals surface area contributed by atoms with Crippen molar-refractivity contribution in [1.29, 1.82) is 0 Å². The number of guanidine groups is 1. The molecule has 0 unspecified atom stereocenters. The van der Waals surface area contributed by atoms with Gasteiger partial charge in [0.1, 0.15) is 12.6 Å². The van der Waals surface area contributed by atoms with E-state index in [0.717, 1.165) is 11.1 Å². The standard InChI is InChI=1S/C24H32N6O7S/c1-35-20-10-7-17(14-21(20)36-2)16-5-8-18(9-6-16)38(33,34)29-19-4-3-12-30(23(19)32)15-22(31)27-11-13-37-28-24(25)26/h5-10,14,19,29H,3-4,11-13,15H2,1-2H3,(H,27,31)(H4,25,26,28)/t19-/m0/s1. The summed E-state index contributed by atoms with van der Waals surface area (Å²) in [6, 6.07) is 10.7. The number of methoxy groups -OCH3 is 2. The summed E-state index contributed by atoms with van der Waals surface area (Å²) >= 11 is 0. The molecule has 0 spiro atoms. The minimum Gasteiger partial charge on any atom is -0.493 e. The molecule has 206 valence electrons. The number of nitrogens with one attached hydrogen (secondary N) is 2. The van der Waals surface area contributed by atoms with Gasteiger partial charge in [0.2, 0.25) is 27.8 Å². The molecule has 1 fully saturated rings. The zero-order valence-electron chi connectivity index (χ0n) is 21.2. The van der Waals surface area contributed by atoms with E-state index in [0.29, 0.717) is 30.9 Å². The molecule has 1 aliphatic rings. The van der Waals surface area contributed by atoms with Gasteiger partial charge >= 0.3 is 0 Å². The van der Waals surface area contributed by atoms with Gasteiger partial charge in [-0.05, 0) is 53.4 Å². The maximum absolute atomic E-state index is 13.0. The summed E-state index contributed by atoms with van der Waals surface area (Å²) in [7, 11) is -0.904. The molecule has 2 aromatic rings. The predicted octanol–water partition coefficient (Wildman–Crippen LogP) is -0.0387. The van der Waals surface area contributed by atoms with Gasteiger partial charge < -0.3 is 36.0 Å². The molecular weight excluding hydrogens is 516 g/mol. The average molecular weight is 549 g/mol. The molecule has 1 saturated heterocycles. The van der Waals surface area contributed by atoms with Gasteiger partial charge in [0.25, 0.3) is 0 Å². The van der Waals surface area contributed by atoms with Crippen LogP contribution in [-0.4, -0.2) is 77.6 Å². The summed E-state index contributed by atoms with van der Waals surface area (Å²) < 4.78 is 39.1. The number of likely N-dealkylation sites (tertiary alicyclic amines) is 1. The van der Waals surface area contributed by atoms with Crippen LogP contribution in [0.5, 0.6) is 11.5 Å². The number of ether oxygens (including phenoxy) is 2. The van der Waals surface area contributed by atoms with Gasteiger partial charge in [-0.2, -0.15) is 4.72 Å². The van der Waals surface area contributed by atoms with Crippen LogP contribution in [0.2, 0.25) is 0 Å². The second-order valence-corrected chi connectivity index (χ2v) is 10.1. The van der Waals surface area contributed by atoms with Crippen molar-refractivity contribution in [2.45, 2.75) is 23.8 Å². The Morgan fingerprint density at radius 3 is 2.42 bits per heavy atom. The number of benzene rings is 2. The fourth-order valence-electron chi connectivity index (χ4n) is 3.89. The van der Waals surface area contributed by atoms with E-state index in [1.807, 2.05) is 6.07 Å². The first-order chi connectivity index (χ1) is 18.1. The number of hydrogen-bond donors (Lipinski definition) is 4. The highest BCUT2D eigenvalue weighted by molar-refractivity contribution is 7.89. The summed E-state index contributed by atoms with van der Waals surface area (Å²) in [5.74, 6) is 0.0176. The number of rotatable bonds is 12. The molecule has 0 saturated carbocycles. The molecule has 0 bridgehead atoms. The van der Waals surface area contributed by atoms with Crippen molar-refractivity contribution >= 4 is 27.8 Å². The molecule has 2 aromatic carbocycles. The molecule has 0 aliphatic carbocycles. The van der Waals surface area contributed by atoms with Crippen LogP contribution >= 0.6 is 0 Å². The first-order valence-corrected chi connectivity index (χ1v) is 13.2. The minimum atomic E-state index is -3.99. The number of hydrogen-bond acceptors (Lipinski definition) is 8. The summed E-state index contributed by atoms with van der Waals surface area (Å²) in [4.78, 5) is 31.2. The van der Waals surface area contributed by atoms with Crippen LogP contribution in [0, 0.1) is 0 Å². The quantitative estimate of drug-likeness (QED) is 0.122. The van der Waals surface area contributed by atoms with E-state index in [1.165, 1.54) is 24.1 Å². The molecule has 1 atom stereocenters. The fourth-order valence-corrected chi connectivity index (χ4v) is 5.11. The van der Waals surface area contributed by atoms with E-state index in [2.05, 4.69) is 15.2 Å². The van der Waals surface area contributed by atoms with Gasteiger partial charge in [-0.3, -0.25) is 9.59 Å². The van der Waals surface area contributed by atoms with Crippen LogP contribution in [0.3, 0.4) is 0 Å². The van der Waals surface area contributed by atoms with Crippen LogP contribution < -0.4 is 31.0 Å². The van der Waals surface area contributed by atoms with Crippen molar-refractivity contribution in [3.05, 3.63) is 42.5 Å². The first kappa shape index (κ1) is 28.5. The number of carbonyl (C=O) groups excluding carboxylic acids is 2. The van der Waals surface area contributed by atoms with Gasteiger partial charge in [0.05, 0.1) is 32.2 Å². The van der Waals surface area contributed by atoms with Crippen LogP contribution in [-0.2, 0) is 24.4 Å². The van der Waals surface area contributed by atoms with Crippen molar-refractivity contribution in [2.75, 3.05) is 40.5 Å². The Bertz CT molecular complexity index is 1260. The molecule has 2 amide bonds. The maximum atomic E-state index is 13.0. The largest absolute Gasteiger partial charge is 0.493 e. The first-order valence-electron chi connectivity index (χ1n) is 11.8. The number of sulfonamides is 1. The zero-order valence-corrected chi connectivity index (χ0v) is 22.0. The van der Waals surface area contributed by atoms with Crippen molar-refractivity contribution in [1.82, 2.24) is 14.9 Å². The number of amides is 2. The van der Waals surface area contributed by atoms with Crippen molar-refractivity contribution in [3.63, 3.8) is 0 Å². The number of nitrogens with two attached hydrogens (primary N) is 2. The second kappa shape index (κ2) is 13.0. The highest BCUT2D eigenvalue weighted by atomic mass is 32.2. The zero-order chi connectivity index (χ0) is 27.7. The molecular formula is C24H32N6O7S. The van der Waals surface area contributed by atoms with E-state index >= 15 is 0 Å².